The van der Waals surface area contributed by atoms with Crippen LogP contribution < -0.4 is 10.1 Å². The van der Waals surface area contributed by atoms with Gasteiger partial charge in [-0.2, -0.15) is 5.10 Å². The average Bonchev–Trinajstić information content (AvgIpc) is 3.25. The average molecular weight is 366 g/mol. The first-order valence-electron chi connectivity index (χ1n) is 8.63. The van der Waals surface area contributed by atoms with E-state index in [-0.39, 0.29) is 5.91 Å². The second kappa shape index (κ2) is 8.95. The number of ether oxygens (including phenoxy) is 2. The quantitative estimate of drug-likeness (QED) is 0.663. The molecule has 0 aliphatic heterocycles. The summed E-state index contributed by atoms with van der Waals surface area (Å²) in [6.07, 6.45) is 4.68. The van der Waals surface area contributed by atoms with Gasteiger partial charge in [-0.25, -0.2) is 9.67 Å². The van der Waals surface area contributed by atoms with E-state index in [9.17, 15) is 4.79 Å². The number of aromatic nitrogens is 3. The smallest absolute Gasteiger partial charge is 0.249 e. The van der Waals surface area contributed by atoms with Gasteiger partial charge in [-0.1, -0.05) is 18.2 Å². The van der Waals surface area contributed by atoms with Crippen LogP contribution in [0.4, 0.5) is 0 Å². The van der Waals surface area contributed by atoms with Gasteiger partial charge in [-0.05, 0) is 42.3 Å². The van der Waals surface area contributed by atoms with Crippen molar-refractivity contribution in [3.8, 4) is 11.6 Å². The normalized spacial score (nSPS) is 11.8. The van der Waals surface area contributed by atoms with Crippen LogP contribution in [0, 0.1) is 0 Å². The zero-order chi connectivity index (χ0) is 19.1. The number of hydrogen-bond donors (Lipinski definition) is 1. The first kappa shape index (κ1) is 18.6. The van der Waals surface area contributed by atoms with Crippen LogP contribution in [0.2, 0.25) is 0 Å². The standard InChI is InChI=1S/C20H22N4O3/c1-15(27-14-16-5-3-6-18(11-16)26-2)20(25)22-13-17-7-8-19(21-12-17)24-10-4-9-23-24/h3-12,15H,13-14H2,1-2H3,(H,22,25)/t15-/m1/s1. The molecule has 0 unspecified atom stereocenters. The fourth-order valence-electron chi connectivity index (χ4n) is 2.45. The minimum Gasteiger partial charge on any atom is -0.497 e. The number of carbonyl (C=O) groups excluding carboxylic acids is 1. The number of methoxy groups -OCH3 is 1. The summed E-state index contributed by atoms with van der Waals surface area (Å²) in [5.74, 6) is 1.32. The number of nitrogens with one attached hydrogen (secondary N) is 1. The van der Waals surface area contributed by atoms with E-state index in [2.05, 4.69) is 15.4 Å². The molecule has 1 N–H and O–H groups in total. The molecule has 0 radical (unpaired) electrons. The van der Waals surface area contributed by atoms with E-state index in [1.54, 1.807) is 31.1 Å². The second-order valence-electron chi connectivity index (χ2n) is 6.00. The third-order valence-corrected chi connectivity index (χ3v) is 4.02. The molecule has 0 aliphatic rings. The number of benzene rings is 1. The van der Waals surface area contributed by atoms with Crippen molar-refractivity contribution in [3.05, 3.63) is 72.2 Å². The lowest BCUT2D eigenvalue weighted by Gasteiger charge is -2.14. The summed E-state index contributed by atoms with van der Waals surface area (Å²) in [4.78, 5) is 16.6. The summed E-state index contributed by atoms with van der Waals surface area (Å²) in [7, 11) is 1.62. The Bertz CT molecular complexity index is 863. The van der Waals surface area contributed by atoms with Gasteiger partial charge in [-0.15, -0.1) is 0 Å². The van der Waals surface area contributed by atoms with E-state index in [4.69, 9.17) is 9.47 Å². The zero-order valence-electron chi connectivity index (χ0n) is 15.3. The summed E-state index contributed by atoms with van der Waals surface area (Å²) >= 11 is 0. The summed E-state index contributed by atoms with van der Waals surface area (Å²) in [5, 5.41) is 6.99. The van der Waals surface area contributed by atoms with Crippen LogP contribution >= 0.6 is 0 Å². The Morgan fingerprint density at radius 1 is 1.22 bits per heavy atom. The summed E-state index contributed by atoms with van der Waals surface area (Å²) in [5.41, 5.74) is 1.85. The highest BCUT2D eigenvalue weighted by Gasteiger charge is 2.13. The van der Waals surface area contributed by atoms with Crippen molar-refractivity contribution in [1.82, 2.24) is 20.1 Å². The minimum atomic E-state index is -0.562. The van der Waals surface area contributed by atoms with Crippen molar-refractivity contribution in [3.63, 3.8) is 0 Å². The van der Waals surface area contributed by atoms with Crippen LogP contribution in [0.5, 0.6) is 5.75 Å². The lowest BCUT2D eigenvalue weighted by atomic mass is 10.2. The highest BCUT2D eigenvalue weighted by Crippen LogP contribution is 2.14. The van der Waals surface area contributed by atoms with Crippen LogP contribution in [-0.2, 0) is 22.7 Å². The van der Waals surface area contributed by atoms with Gasteiger partial charge in [0, 0.05) is 25.1 Å². The molecule has 2 heterocycles. The largest absolute Gasteiger partial charge is 0.497 e. The monoisotopic (exact) mass is 366 g/mol. The Morgan fingerprint density at radius 2 is 2.11 bits per heavy atom. The topological polar surface area (TPSA) is 78.3 Å². The molecule has 3 rings (SSSR count). The molecular weight excluding hydrogens is 344 g/mol. The van der Waals surface area contributed by atoms with E-state index in [1.807, 2.05) is 48.7 Å². The number of pyridine rings is 1. The van der Waals surface area contributed by atoms with Gasteiger partial charge in [0.05, 0.1) is 13.7 Å². The zero-order valence-corrected chi connectivity index (χ0v) is 15.3. The van der Waals surface area contributed by atoms with E-state index >= 15 is 0 Å². The van der Waals surface area contributed by atoms with Gasteiger partial charge in [0.25, 0.3) is 0 Å². The van der Waals surface area contributed by atoms with Crippen molar-refractivity contribution in [2.75, 3.05) is 7.11 Å². The lowest BCUT2D eigenvalue weighted by Crippen LogP contribution is -2.34. The SMILES string of the molecule is COc1cccc(CO[C@H](C)C(=O)NCc2ccc(-n3cccn3)nc2)c1. The third kappa shape index (κ3) is 5.15. The molecule has 0 fully saturated rings. The molecule has 27 heavy (non-hydrogen) atoms. The molecule has 3 aromatic rings. The molecule has 7 heteroatoms. The van der Waals surface area contributed by atoms with Gasteiger partial charge in [0.2, 0.25) is 5.91 Å². The first-order chi connectivity index (χ1) is 13.2. The van der Waals surface area contributed by atoms with Gasteiger partial charge in [-0.3, -0.25) is 4.79 Å². The molecular formula is C20H22N4O3. The van der Waals surface area contributed by atoms with Crippen LogP contribution in [0.25, 0.3) is 5.82 Å². The van der Waals surface area contributed by atoms with E-state index in [0.717, 1.165) is 22.7 Å². The van der Waals surface area contributed by atoms with Crippen molar-refractivity contribution < 1.29 is 14.3 Å². The van der Waals surface area contributed by atoms with Crippen LogP contribution in [-0.4, -0.2) is 33.9 Å². The molecule has 1 amide bonds. The number of amides is 1. The van der Waals surface area contributed by atoms with Crippen LogP contribution in [0.1, 0.15) is 18.1 Å². The molecule has 0 bridgehead atoms. The summed E-state index contributed by atoms with van der Waals surface area (Å²) in [6, 6.07) is 13.2. The number of nitrogens with zero attached hydrogens (tertiary/aromatic N) is 3. The number of carbonyl (C=O) groups is 1. The summed E-state index contributed by atoms with van der Waals surface area (Å²) in [6.45, 7) is 2.46. The minimum absolute atomic E-state index is 0.172. The Kier molecular flexibility index (Phi) is 6.17. The number of rotatable bonds is 8. The Labute approximate surface area is 158 Å². The molecule has 2 aromatic heterocycles. The van der Waals surface area contributed by atoms with Crippen molar-refractivity contribution in [2.24, 2.45) is 0 Å². The molecule has 1 aromatic carbocycles. The maximum atomic E-state index is 12.2. The van der Waals surface area contributed by atoms with E-state index in [0.29, 0.717) is 13.2 Å². The first-order valence-corrected chi connectivity index (χ1v) is 8.63. The maximum absolute atomic E-state index is 12.2. The van der Waals surface area contributed by atoms with E-state index < -0.39 is 6.10 Å². The molecule has 7 nitrogen and oxygen atoms in total. The molecule has 140 valence electrons. The highest BCUT2D eigenvalue weighted by molar-refractivity contribution is 5.80. The van der Waals surface area contributed by atoms with E-state index in [1.165, 1.54) is 0 Å². The summed E-state index contributed by atoms with van der Waals surface area (Å²) < 4.78 is 12.5. The predicted octanol–water partition coefficient (Wildman–Crippen LogP) is 2.50. The molecule has 0 aliphatic carbocycles. The van der Waals surface area contributed by atoms with Crippen molar-refractivity contribution in [1.29, 1.82) is 0 Å². The Balaban J connectivity index is 1.46. The number of hydrogen-bond acceptors (Lipinski definition) is 5. The van der Waals surface area contributed by atoms with Crippen molar-refractivity contribution >= 4 is 5.91 Å². The third-order valence-electron chi connectivity index (χ3n) is 4.02. The lowest BCUT2D eigenvalue weighted by molar-refractivity contribution is -0.132. The molecule has 0 saturated carbocycles. The van der Waals surface area contributed by atoms with Gasteiger partial charge >= 0.3 is 0 Å². The molecule has 0 saturated heterocycles. The van der Waals surface area contributed by atoms with Crippen LogP contribution in [0.3, 0.4) is 0 Å². The Hall–Kier alpha value is -3.19. The fourth-order valence-corrected chi connectivity index (χ4v) is 2.45. The van der Waals surface area contributed by atoms with Gasteiger partial charge < -0.3 is 14.8 Å². The molecule has 0 spiro atoms. The fraction of sp³-hybridized carbons (Fsp3) is 0.250. The maximum Gasteiger partial charge on any atom is 0.249 e. The highest BCUT2D eigenvalue weighted by atomic mass is 16.5. The second-order valence-corrected chi connectivity index (χ2v) is 6.00. The van der Waals surface area contributed by atoms with Crippen molar-refractivity contribution in [2.45, 2.75) is 26.2 Å². The predicted molar refractivity (Wildman–Crippen MR) is 100 cm³/mol. The van der Waals surface area contributed by atoms with Gasteiger partial charge in [0.15, 0.2) is 5.82 Å². The molecule has 1 atom stereocenters. The van der Waals surface area contributed by atoms with Crippen LogP contribution in [0.15, 0.2) is 61.1 Å². The van der Waals surface area contributed by atoms with Gasteiger partial charge in [0.1, 0.15) is 11.9 Å². The Morgan fingerprint density at radius 3 is 2.81 bits per heavy atom.